The molecule has 0 aromatic rings. The molecule has 0 aliphatic rings. The maximum absolute atomic E-state index is 11.9. The van der Waals surface area contributed by atoms with E-state index in [-0.39, 0.29) is 15.5 Å². The lowest BCUT2D eigenvalue weighted by Crippen LogP contribution is -2.02. The number of unbranched alkanes of at least 4 members (excludes halogenated alkanes) is 12. The SMILES string of the molecule is C=CC(=O)OCCCCCCCCCCCCCCC[Si]C(F)F. The van der Waals surface area contributed by atoms with Crippen molar-refractivity contribution in [1.29, 1.82) is 0 Å². The zero-order valence-electron chi connectivity index (χ0n) is 15.0. The molecule has 0 bridgehead atoms. The second-order valence-corrected chi connectivity index (χ2v) is 7.57. The Labute approximate surface area is 149 Å². The molecular weight excluding hydrogens is 326 g/mol. The molecule has 0 aliphatic carbocycles. The Hall–Kier alpha value is -0.713. The molecule has 0 spiro atoms. The molecule has 0 heterocycles. The molecule has 5 heteroatoms. The van der Waals surface area contributed by atoms with Crippen molar-refractivity contribution in [3.05, 3.63) is 12.7 Å². The topological polar surface area (TPSA) is 26.3 Å². The highest BCUT2D eigenvalue weighted by Crippen LogP contribution is 2.13. The molecule has 0 unspecified atom stereocenters. The van der Waals surface area contributed by atoms with Crippen molar-refractivity contribution in [3.8, 4) is 0 Å². The number of carbonyl (C=O) groups is 1. The number of halogens is 2. The summed E-state index contributed by atoms with van der Waals surface area (Å²) in [5, 5.41) is 0. The standard InChI is InChI=1S/C19H34F2O2Si/c1-2-18(22)23-16-14-12-10-8-6-4-3-5-7-9-11-13-15-17-24-19(20)21/h2,19H,1,3-17H2. The zero-order chi connectivity index (χ0) is 17.9. The molecule has 0 aromatic heterocycles. The lowest BCUT2D eigenvalue weighted by molar-refractivity contribution is -0.137. The number of hydrogen-bond donors (Lipinski definition) is 0. The van der Waals surface area contributed by atoms with E-state index in [2.05, 4.69) is 6.58 Å². The molecule has 0 fully saturated rings. The number of hydrogen-bond acceptors (Lipinski definition) is 2. The van der Waals surface area contributed by atoms with E-state index >= 15 is 0 Å². The minimum absolute atomic E-state index is 0.161. The third kappa shape index (κ3) is 19.3. The molecule has 0 atom stereocenters. The van der Waals surface area contributed by atoms with Crippen LogP contribution in [0.15, 0.2) is 12.7 Å². The molecule has 140 valence electrons. The molecule has 0 aliphatic heterocycles. The quantitative estimate of drug-likeness (QED) is 0.127. The van der Waals surface area contributed by atoms with Crippen molar-refractivity contribution in [1.82, 2.24) is 0 Å². The normalized spacial score (nSPS) is 11.0. The molecule has 2 nitrogen and oxygen atoms in total. The van der Waals surface area contributed by atoms with Crippen molar-refractivity contribution >= 4 is 15.5 Å². The summed E-state index contributed by atoms with van der Waals surface area (Å²) in [5.41, 5.74) is 0. The van der Waals surface area contributed by atoms with Gasteiger partial charge in [-0.05, 0) is 6.42 Å². The summed E-state index contributed by atoms with van der Waals surface area (Å²) >= 11 is 0. The molecule has 0 N–H and O–H groups in total. The van der Waals surface area contributed by atoms with E-state index in [9.17, 15) is 13.6 Å². The predicted octanol–water partition coefficient (Wildman–Crippen LogP) is 6.13. The molecule has 24 heavy (non-hydrogen) atoms. The molecule has 0 rings (SSSR count). The average Bonchev–Trinajstić information content (AvgIpc) is 2.57. The summed E-state index contributed by atoms with van der Waals surface area (Å²) in [7, 11) is -0.161. The van der Waals surface area contributed by atoms with Crippen LogP contribution >= 0.6 is 0 Å². The molecule has 0 saturated heterocycles. The van der Waals surface area contributed by atoms with Gasteiger partial charge in [0.1, 0.15) is 9.52 Å². The number of ether oxygens (including phenoxy) is 1. The van der Waals surface area contributed by atoms with Gasteiger partial charge < -0.3 is 4.74 Å². The van der Waals surface area contributed by atoms with Gasteiger partial charge in [-0.3, -0.25) is 0 Å². The number of carbonyl (C=O) groups excluding carboxylic acids is 1. The van der Waals surface area contributed by atoms with Crippen LogP contribution in [-0.2, 0) is 9.53 Å². The second kappa shape index (κ2) is 18.6. The highest BCUT2D eigenvalue weighted by molar-refractivity contribution is 6.36. The van der Waals surface area contributed by atoms with E-state index < -0.39 is 6.05 Å². The Kier molecular flexibility index (Phi) is 18.1. The fourth-order valence-electron chi connectivity index (χ4n) is 2.61. The lowest BCUT2D eigenvalue weighted by Gasteiger charge is -2.04. The van der Waals surface area contributed by atoms with Crippen molar-refractivity contribution in [2.75, 3.05) is 6.61 Å². The lowest BCUT2D eigenvalue weighted by atomic mass is 10.0. The predicted molar refractivity (Wildman–Crippen MR) is 97.7 cm³/mol. The van der Waals surface area contributed by atoms with Gasteiger partial charge in [0.25, 0.3) is 0 Å². The van der Waals surface area contributed by atoms with Gasteiger partial charge in [-0.1, -0.05) is 89.7 Å². The van der Waals surface area contributed by atoms with E-state index in [0.29, 0.717) is 12.7 Å². The smallest absolute Gasteiger partial charge is 0.330 e. The van der Waals surface area contributed by atoms with Gasteiger partial charge in [-0.15, -0.1) is 0 Å². The Morgan fingerprint density at radius 1 is 0.833 bits per heavy atom. The molecule has 2 radical (unpaired) electrons. The summed E-state index contributed by atoms with van der Waals surface area (Å²) in [6, 6.07) is -1.39. The zero-order valence-corrected chi connectivity index (χ0v) is 16.0. The molecule has 0 saturated carbocycles. The van der Waals surface area contributed by atoms with E-state index in [0.717, 1.165) is 25.7 Å². The number of rotatable bonds is 18. The van der Waals surface area contributed by atoms with E-state index in [1.54, 1.807) is 0 Å². The monoisotopic (exact) mass is 360 g/mol. The van der Waals surface area contributed by atoms with Gasteiger partial charge in [0.2, 0.25) is 6.05 Å². The first-order valence-corrected chi connectivity index (χ1v) is 10.8. The minimum Gasteiger partial charge on any atom is -0.463 e. The third-order valence-corrected chi connectivity index (χ3v) is 4.98. The fourth-order valence-corrected chi connectivity index (χ4v) is 3.29. The minimum atomic E-state index is -2.10. The summed E-state index contributed by atoms with van der Waals surface area (Å²) in [6.07, 6.45) is 16.8. The summed E-state index contributed by atoms with van der Waals surface area (Å²) < 4.78 is 28.8. The summed E-state index contributed by atoms with van der Waals surface area (Å²) in [6.45, 7) is 3.87. The maximum Gasteiger partial charge on any atom is 0.330 e. The summed E-state index contributed by atoms with van der Waals surface area (Å²) in [5.74, 6) is -0.330. The third-order valence-electron chi connectivity index (χ3n) is 4.03. The van der Waals surface area contributed by atoms with Gasteiger partial charge in [0, 0.05) is 6.08 Å². The van der Waals surface area contributed by atoms with Crippen molar-refractivity contribution < 1.29 is 18.3 Å². The van der Waals surface area contributed by atoms with Crippen LogP contribution in [0, 0.1) is 0 Å². The van der Waals surface area contributed by atoms with Crippen LogP contribution in [0.1, 0.15) is 83.5 Å². The molecule has 0 aromatic carbocycles. The van der Waals surface area contributed by atoms with Crippen LogP contribution < -0.4 is 0 Å². The Morgan fingerprint density at radius 3 is 1.67 bits per heavy atom. The highest BCUT2D eigenvalue weighted by atomic mass is 28.2. The largest absolute Gasteiger partial charge is 0.463 e. The molecule has 0 amide bonds. The van der Waals surface area contributed by atoms with Gasteiger partial charge in [-0.2, -0.15) is 0 Å². The fraction of sp³-hybridized carbons (Fsp3) is 0.842. The first-order chi connectivity index (χ1) is 11.7. The van der Waals surface area contributed by atoms with Gasteiger partial charge in [-0.25, -0.2) is 13.6 Å². The van der Waals surface area contributed by atoms with E-state index in [1.165, 1.54) is 63.9 Å². The van der Waals surface area contributed by atoms with E-state index in [1.807, 2.05) is 0 Å². The first-order valence-electron chi connectivity index (χ1n) is 9.47. The molecular formula is C19H34F2O2Si. The van der Waals surface area contributed by atoms with Crippen molar-refractivity contribution in [2.24, 2.45) is 0 Å². The van der Waals surface area contributed by atoms with Crippen LogP contribution in [0.4, 0.5) is 8.78 Å². The Balaban J connectivity index is 3.03. The van der Waals surface area contributed by atoms with Gasteiger partial charge in [0.05, 0.1) is 6.61 Å². The van der Waals surface area contributed by atoms with Crippen LogP contribution in [0.3, 0.4) is 0 Å². The number of esters is 1. The number of alkyl halides is 2. The Morgan fingerprint density at radius 2 is 1.25 bits per heavy atom. The maximum atomic E-state index is 11.9. The van der Waals surface area contributed by atoms with Crippen molar-refractivity contribution in [2.45, 2.75) is 95.6 Å². The van der Waals surface area contributed by atoms with Gasteiger partial charge in [0.15, 0.2) is 0 Å². The first kappa shape index (κ1) is 23.3. The van der Waals surface area contributed by atoms with Crippen LogP contribution in [0.5, 0.6) is 0 Å². The Bertz CT molecular complexity index is 299. The average molecular weight is 361 g/mol. The highest BCUT2D eigenvalue weighted by Gasteiger charge is 2.02. The van der Waals surface area contributed by atoms with Gasteiger partial charge >= 0.3 is 5.97 Å². The van der Waals surface area contributed by atoms with Crippen LogP contribution in [-0.4, -0.2) is 28.1 Å². The second-order valence-electron chi connectivity index (χ2n) is 6.22. The van der Waals surface area contributed by atoms with E-state index in [4.69, 9.17) is 4.74 Å². The summed E-state index contributed by atoms with van der Waals surface area (Å²) in [4.78, 5) is 10.8. The van der Waals surface area contributed by atoms with Crippen molar-refractivity contribution in [3.63, 3.8) is 0 Å². The van der Waals surface area contributed by atoms with Crippen LogP contribution in [0.2, 0.25) is 6.04 Å². The van der Waals surface area contributed by atoms with Crippen LogP contribution in [0.25, 0.3) is 0 Å².